The molecule has 1 fully saturated rings. The van der Waals surface area contributed by atoms with Crippen LogP contribution in [0.4, 0.5) is 4.39 Å². The lowest BCUT2D eigenvalue weighted by molar-refractivity contribution is -0.132. The summed E-state index contributed by atoms with van der Waals surface area (Å²) < 4.78 is 17.4. The van der Waals surface area contributed by atoms with Crippen molar-refractivity contribution in [2.24, 2.45) is 0 Å². The first kappa shape index (κ1) is 11.1. The Hall–Kier alpha value is -1.42. The molecule has 4 heteroatoms. The third-order valence-corrected chi connectivity index (χ3v) is 2.61. The topological polar surface area (TPSA) is 46.5 Å². The second-order valence-corrected chi connectivity index (χ2v) is 3.80. The molecule has 0 amide bonds. The lowest BCUT2D eigenvalue weighted by Crippen LogP contribution is -2.19. The fourth-order valence-electron chi connectivity index (χ4n) is 1.71. The average molecular weight is 224 g/mol. The third kappa shape index (κ3) is 2.39. The zero-order valence-corrected chi connectivity index (χ0v) is 8.78. The lowest BCUT2D eigenvalue weighted by Gasteiger charge is -2.18. The van der Waals surface area contributed by atoms with Gasteiger partial charge in [0.25, 0.3) is 0 Å². The van der Waals surface area contributed by atoms with Crippen molar-refractivity contribution in [1.29, 1.82) is 0 Å². The van der Waals surface area contributed by atoms with Gasteiger partial charge in [0, 0.05) is 0 Å². The monoisotopic (exact) mass is 224 g/mol. The summed E-state index contributed by atoms with van der Waals surface area (Å²) in [4.78, 5) is 10.8. The molecule has 0 radical (unpaired) electrons. The van der Waals surface area contributed by atoms with Gasteiger partial charge in [-0.3, -0.25) is 0 Å². The van der Waals surface area contributed by atoms with Gasteiger partial charge in [0.15, 0.2) is 0 Å². The van der Waals surface area contributed by atoms with E-state index in [9.17, 15) is 9.18 Å². The van der Waals surface area contributed by atoms with Crippen LogP contribution in [0.2, 0.25) is 0 Å². The number of hydrogen-bond donors (Lipinski definition) is 1. The molecular formula is C12H13FO3. The largest absolute Gasteiger partial charge is 0.478 e. The van der Waals surface area contributed by atoms with Crippen molar-refractivity contribution in [3.8, 4) is 0 Å². The minimum atomic E-state index is -0.982. The zero-order valence-electron chi connectivity index (χ0n) is 8.78. The highest BCUT2D eigenvalue weighted by molar-refractivity contribution is 5.90. The summed E-state index contributed by atoms with van der Waals surface area (Å²) in [6.07, 6.45) is 6.55. The van der Waals surface area contributed by atoms with Crippen LogP contribution in [0.15, 0.2) is 34.9 Å². The number of carboxylic acids is 1. The standard InChI is InChI=1S/C12H13FO3/c13-5-6-16-11-7-9(12(14)15)3-4-10(11)8-1-2-8/h3-4,7,11H,1-2,5-6H2,(H,14,15). The van der Waals surface area contributed by atoms with Crippen LogP contribution < -0.4 is 0 Å². The van der Waals surface area contributed by atoms with E-state index in [0.717, 1.165) is 18.4 Å². The summed E-state index contributed by atoms with van der Waals surface area (Å²) in [5, 5.41) is 8.86. The first-order valence-electron chi connectivity index (χ1n) is 5.25. The Morgan fingerprint density at radius 1 is 1.50 bits per heavy atom. The number of rotatable bonds is 4. The number of hydrogen-bond acceptors (Lipinski definition) is 2. The van der Waals surface area contributed by atoms with Gasteiger partial charge in [-0.25, -0.2) is 9.18 Å². The van der Waals surface area contributed by atoms with Crippen LogP contribution in [0.3, 0.4) is 0 Å². The van der Waals surface area contributed by atoms with Crippen LogP contribution in [-0.2, 0) is 9.53 Å². The molecule has 0 aromatic heterocycles. The molecule has 0 bridgehead atoms. The molecule has 1 unspecified atom stereocenters. The Labute approximate surface area is 92.9 Å². The van der Waals surface area contributed by atoms with E-state index >= 15 is 0 Å². The molecule has 1 N–H and O–H groups in total. The maximum Gasteiger partial charge on any atom is 0.335 e. The normalized spacial score (nSPS) is 23.3. The van der Waals surface area contributed by atoms with Crippen molar-refractivity contribution in [1.82, 2.24) is 0 Å². The highest BCUT2D eigenvalue weighted by atomic mass is 19.1. The molecule has 2 aliphatic carbocycles. The number of alkyl halides is 1. The Kier molecular flexibility index (Phi) is 3.19. The predicted octanol–water partition coefficient (Wildman–Crippen LogP) is 2.01. The molecule has 0 heterocycles. The third-order valence-electron chi connectivity index (χ3n) is 2.61. The predicted molar refractivity (Wildman–Crippen MR) is 56.8 cm³/mol. The first-order chi connectivity index (χ1) is 7.72. The second kappa shape index (κ2) is 4.61. The minimum absolute atomic E-state index is 0.00130. The molecule has 16 heavy (non-hydrogen) atoms. The van der Waals surface area contributed by atoms with E-state index in [0.29, 0.717) is 0 Å². The van der Waals surface area contributed by atoms with Gasteiger partial charge in [0.1, 0.15) is 12.8 Å². The summed E-state index contributed by atoms with van der Waals surface area (Å²) in [5.74, 6) is -0.982. The molecule has 3 nitrogen and oxygen atoms in total. The van der Waals surface area contributed by atoms with Crippen molar-refractivity contribution in [3.05, 3.63) is 34.9 Å². The fourth-order valence-corrected chi connectivity index (χ4v) is 1.71. The van der Waals surface area contributed by atoms with E-state index in [2.05, 4.69) is 0 Å². The summed E-state index contributed by atoms with van der Waals surface area (Å²) in [7, 11) is 0. The molecule has 1 saturated carbocycles. The van der Waals surface area contributed by atoms with Gasteiger partial charge in [-0.15, -0.1) is 0 Å². The summed E-state index contributed by atoms with van der Waals surface area (Å²) in [6, 6.07) is 0. The number of allylic oxidation sites excluding steroid dienone is 1. The number of halogens is 1. The van der Waals surface area contributed by atoms with Crippen LogP contribution in [0.25, 0.3) is 0 Å². The SMILES string of the molecule is O=C(O)C1=CC(OCCF)C(=C2CC2)C=C1. The zero-order chi connectivity index (χ0) is 11.5. The highest BCUT2D eigenvalue weighted by Gasteiger charge is 2.25. The number of aliphatic carboxylic acids is 1. The average Bonchev–Trinajstić information content (AvgIpc) is 3.09. The molecule has 0 aliphatic heterocycles. The van der Waals surface area contributed by atoms with Crippen molar-refractivity contribution in [2.75, 3.05) is 13.3 Å². The fraction of sp³-hybridized carbons (Fsp3) is 0.417. The van der Waals surface area contributed by atoms with Gasteiger partial charge in [-0.05, 0) is 30.6 Å². The Balaban J connectivity index is 2.17. The molecule has 0 spiro atoms. The van der Waals surface area contributed by atoms with Crippen LogP contribution in [0, 0.1) is 0 Å². The van der Waals surface area contributed by atoms with Gasteiger partial charge < -0.3 is 9.84 Å². The lowest BCUT2D eigenvalue weighted by atomic mass is 9.98. The molecule has 86 valence electrons. The van der Waals surface area contributed by atoms with E-state index in [1.807, 2.05) is 0 Å². The maximum absolute atomic E-state index is 12.1. The van der Waals surface area contributed by atoms with Crippen molar-refractivity contribution >= 4 is 5.97 Å². The Morgan fingerprint density at radius 2 is 2.25 bits per heavy atom. The smallest absolute Gasteiger partial charge is 0.335 e. The van der Waals surface area contributed by atoms with Crippen LogP contribution in [-0.4, -0.2) is 30.5 Å². The van der Waals surface area contributed by atoms with E-state index in [1.54, 1.807) is 18.2 Å². The van der Waals surface area contributed by atoms with E-state index in [4.69, 9.17) is 9.84 Å². The molecule has 1 atom stereocenters. The van der Waals surface area contributed by atoms with Crippen LogP contribution in [0.1, 0.15) is 12.8 Å². The van der Waals surface area contributed by atoms with Gasteiger partial charge >= 0.3 is 5.97 Å². The molecule has 0 aromatic rings. The quantitative estimate of drug-likeness (QED) is 0.794. The van der Waals surface area contributed by atoms with E-state index < -0.39 is 18.7 Å². The van der Waals surface area contributed by atoms with Crippen molar-refractivity contribution in [3.63, 3.8) is 0 Å². The maximum atomic E-state index is 12.1. The first-order valence-corrected chi connectivity index (χ1v) is 5.25. The van der Waals surface area contributed by atoms with Crippen molar-refractivity contribution in [2.45, 2.75) is 18.9 Å². The van der Waals surface area contributed by atoms with Gasteiger partial charge in [0.2, 0.25) is 0 Å². The number of carboxylic acid groups (broad SMARTS) is 1. The van der Waals surface area contributed by atoms with Crippen LogP contribution in [0.5, 0.6) is 0 Å². The molecule has 0 saturated heterocycles. The van der Waals surface area contributed by atoms with Gasteiger partial charge in [0.05, 0.1) is 12.2 Å². The summed E-state index contributed by atoms with van der Waals surface area (Å²) in [5.41, 5.74) is 2.48. The van der Waals surface area contributed by atoms with Gasteiger partial charge in [-0.1, -0.05) is 11.6 Å². The molecular weight excluding hydrogens is 211 g/mol. The Bertz CT molecular complexity index is 387. The second-order valence-electron chi connectivity index (χ2n) is 3.80. The van der Waals surface area contributed by atoms with Gasteiger partial charge in [-0.2, -0.15) is 0 Å². The summed E-state index contributed by atoms with van der Waals surface area (Å²) in [6.45, 7) is -0.558. The number of ether oxygens (including phenoxy) is 1. The van der Waals surface area contributed by atoms with Crippen LogP contribution >= 0.6 is 0 Å². The molecule has 2 aliphatic rings. The summed E-state index contributed by atoms with van der Waals surface area (Å²) >= 11 is 0. The minimum Gasteiger partial charge on any atom is -0.478 e. The molecule has 0 aromatic carbocycles. The van der Waals surface area contributed by atoms with E-state index in [-0.39, 0.29) is 12.2 Å². The Morgan fingerprint density at radius 3 is 2.81 bits per heavy atom. The molecule has 2 rings (SSSR count). The number of carbonyl (C=O) groups is 1. The van der Waals surface area contributed by atoms with E-state index in [1.165, 1.54) is 5.57 Å². The van der Waals surface area contributed by atoms with Crippen molar-refractivity contribution < 1.29 is 19.0 Å². The highest BCUT2D eigenvalue weighted by Crippen LogP contribution is 2.36.